The van der Waals surface area contributed by atoms with Crippen molar-refractivity contribution in [3.8, 4) is 5.69 Å². The van der Waals surface area contributed by atoms with Gasteiger partial charge in [0, 0.05) is 18.2 Å². The summed E-state index contributed by atoms with van der Waals surface area (Å²) >= 11 is 0. The Labute approximate surface area is 136 Å². The first-order valence-corrected chi connectivity index (χ1v) is 8.24. The number of carbonyl (C=O) groups excluding carboxylic acids is 1. The predicted octanol–water partition coefficient (Wildman–Crippen LogP) is 1.90. The van der Waals surface area contributed by atoms with E-state index in [2.05, 4.69) is 15.4 Å². The smallest absolute Gasteiger partial charge is 0.251 e. The number of hydrogen-bond donors (Lipinski definition) is 2. The fourth-order valence-electron chi connectivity index (χ4n) is 3.29. The molecule has 2 aromatic rings. The van der Waals surface area contributed by atoms with E-state index in [1.54, 1.807) is 11.0 Å². The normalized spacial score (nSPS) is 16.9. The van der Waals surface area contributed by atoms with Gasteiger partial charge in [-0.05, 0) is 37.0 Å². The Morgan fingerprint density at radius 2 is 2.17 bits per heavy atom. The van der Waals surface area contributed by atoms with Gasteiger partial charge in [0.1, 0.15) is 12.7 Å². The van der Waals surface area contributed by atoms with Gasteiger partial charge in [-0.2, -0.15) is 5.10 Å². The summed E-state index contributed by atoms with van der Waals surface area (Å²) in [6.45, 7) is 0.485. The van der Waals surface area contributed by atoms with Crippen LogP contribution >= 0.6 is 0 Å². The van der Waals surface area contributed by atoms with Crippen molar-refractivity contribution in [3.63, 3.8) is 0 Å². The van der Waals surface area contributed by atoms with E-state index in [0.29, 0.717) is 18.0 Å². The molecule has 1 aromatic carbocycles. The fourth-order valence-corrected chi connectivity index (χ4v) is 3.29. The molecule has 0 saturated heterocycles. The first-order chi connectivity index (χ1) is 11.3. The van der Waals surface area contributed by atoms with E-state index in [4.69, 9.17) is 5.73 Å². The second-order valence-electron chi connectivity index (χ2n) is 6.10. The summed E-state index contributed by atoms with van der Waals surface area (Å²) in [5.41, 5.74) is 7.33. The van der Waals surface area contributed by atoms with Crippen LogP contribution in [0, 0.1) is 5.92 Å². The molecule has 0 spiro atoms. The van der Waals surface area contributed by atoms with E-state index in [1.165, 1.54) is 25.6 Å². The Hall–Kier alpha value is -2.21. The average molecular weight is 313 g/mol. The average Bonchev–Trinajstić information content (AvgIpc) is 3.15. The molecule has 1 saturated carbocycles. The molecule has 1 aliphatic carbocycles. The van der Waals surface area contributed by atoms with Crippen LogP contribution in [0.1, 0.15) is 42.5 Å². The molecule has 3 N–H and O–H groups in total. The van der Waals surface area contributed by atoms with Crippen molar-refractivity contribution < 1.29 is 4.79 Å². The summed E-state index contributed by atoms with van der Waals surface area (Å²) in [6.07, 6.45) is 9.16. The zero-order chi connectivity index (χ0) is 16.1. The third-order valence-electron chi connectivity index (χ3n) is 4.58. The van der Waals surface area contributed by atoms with Crippen molar-refractivity contribution in [1.29, 1.82) is 0 Å². The first-order valence-electron chi connectivity index (χ1n) is 8.24. The predicted molar refractivity (Wildman–Crippen MR) is 88.2 cm³/mol. The molecule has 1 aromatic heterocycles. The van der Waals surface area contributed by atoms with E-state index in [1.807, 2.05) is 24.3 Å². The monoisotopic (exact) mass is 313 g/mol. The van der Waals surface area contributed by atoms with Gasteiger partial charge >= 0.3 is 0 Å². The first kappa shape index (κ1) is 15.7. The lowest BCUT2D eigenvalue weighted by atomic mass is 9.84. The quantitative estimate of drug-likeness (QED) is 0.883. The van der Waals surface area contributed by atoms with Crippen LogP contribution in [-0.4, -0.2) is 33.3 Å². The lowest BCUT2D eigenvalue weighted by molar-refractivity contribution is 0.0915. The Morgan fingerprint density at radius 1 is 1.35 bits per heavy atom. The zero-order valence-corrected chi connectivity index (χ0v) is 13.2. The van der Waals surface area contributed by atoms with Crippen LogP contribution in [-0.2, 0) is 0 Å². The lowest BCUT2D eigenvalue weighted by Gasteiger charge is -2.30. The van der Waals surface area contributed by atoms with Crippen molar-refractivity contribution >= 4 is 5.91 Å². The Balaban J connectivity index is 1.71. The van der Waals surface area contributed by atoms with Crippen molar-refractivity contribution in [2.75, 3.05) is 6.54 Å². The SMILES string of the molecule is NC[C@H](NC(=O)c1cccc(-n2cncn2)c1)C1CCCCC1. The summed E-state index contributed by atoms with van der Waals surface area (Å²) in [7, 11) is 0. The number of nitrogens with two attached hydrogens (primary N) is 1. The summed E-state index contributed by atoms with van der Waals surface area (Å²) in [5.74, 6) is 0.421. The maximum Gasteiger partial charge on any atom is 0.251 e. The highest BCUT2D eigenvalue weighted by atomic mass is 16.1. The Morgan fingerprint density at radius 3 is 2.87 bits per heavy atom. The van der Waals surface area contributed by atoms with Gasteiger partial charge in [-0.1, -0.05) is 25.3 Å². The lowest BCUT2D eigenvalue weighted by Crippen LogP contribution is -2.45. The van der Waals surface area contributed by atoms with Crippen LogP contribution in [0.25, 0.3) is 5.69 Å². The van der Waals surface area contributed by atoms with E-state index in [-0.39, 0.29) is 11.9 Å². The third-order valence-corrected chi connectivity index (χ3v) is 4.58. The number of amides is 1. The molecule has 3 rings (SSSR count). The van der Waals surface area contributed by atoms with Crippen LogP contribution in [0.2, 0.25) is 0 Å². The van der Waals surface area contributed by atoms with Gasteiger partial charge in [0.2, 0.25) is 0 Å². The minimum Gasteiger partial charge on any atom is -0.348 e. The second kappa shape index (κ2) is 7.37. The molecule has 122 valence electrons. The number of benzene rings is 1. The number of aromatic nitrogens is 3. The standard InChI is InChI=1S/C17H23N5O/c18-10-16(13-5-2-1-3-6-13)21-17(23)14-7-4-8-15(9-14)22-12-19-11-20-22/h4,7-9,11-13,16H,1-3,5-6,10,18H2,(H,21,23)/t16-/m0/s1. The number of rotatable bonds is 5. The largest absolute Gasteiger partial charge is 0.348 e. The van der Waals surface area contributed by atoms with Crippen molar-refractivity contribution in [1.82, 2.24) is 20.1 Å². The number of carbonyl (C=O) groups is 1. The molecule has 6 nitrogen and oxygen atoms in total. The van der Waals surface area contributed by atoms with Crippen LogP contribution < -0.4 is 11.1 Å². The molecule has 1 fully saturated rings. The number of nitrogens with one attached hydrogen (secondary N) is 1. The molecular weight excluding hydrogens is 290 g/mol. The van der Waals surface area contributed by atoms with Gasteiger partial charge in [-0.15, -0.1) is 0 Å². The van der Waals surface area contributed by atoms with Gasteiger partial charge < -0.3 is 11.1 Å². The molecule has 0 radical (unpaired) electrons. The highest BCUT2D eigenvalue weighted by molar-refractivity contribution is 5.94. The highest BCUT2D eigenvalue weighted by Gasteiger charge is 2.24. The zero-order valence-electron chi connectivity index (χ0n) is 13.2. The molecule has 0 bridgehead atoms. The number of nitrogens with zero attached hydrogens (tertiary/aromatic N) is 3. The molecule has 23 heavy (non-hydrogen) atoms. The van der Waals surface area contributed by atoms with Gasteiger partial charge in [0.25, 0.3) is 5.91 Å². The number of hydrogen-bond acceptors (Lipinski definition) is 4. The van der Waals surface area contributed by atoms with E-state index < -0.39 is 0 Å². The highest BCUT2D eigenvalue weighted by Crippen LogP contribution is 2.26. The van der Waals surface area contributed by atoms with E-state index in [9.17, 15) is 4.79 Å². The van der Waals surface area contributed by atoms with E-state index in [0.717, 1.165) is 18.5 Å². The second-order valence-corrected chi connectivity index (χ2v) is 6.10. The van der Waals surface area contributed by atoms with Crippen LogP contribution in [0.3, 0.4) is 0 Å². The molecule has 6 heteroatoms. The summed E-state index contributed by atoms with van der Waals surface area (Å²) in [5, 5.41) is 7.21. The summed E-state index contributed by atoms with van der Waals surface area (Å²) < 4.78 is 1.64. The van der Waals surface area contributed by atoms with Gasteiger partial charge in [0.15, 0.2) is 0 Å². The van der Waals surface area contributed by atoms with Gasteiger partial charge in [-0.3, -0.25) is 4.79 Å². The minimum absolute atomic E-state index is 0.0535. The maximum atomic E-state index is 12.6. The van der Waals surface area contributed by atoms with E-state index >= 15 is 0 Å². The van der Waals surface area contributed by atoms with Gasteiger partial charge in [0.05, 0.1) is 5.69 Å². The van der Waals surface area contributed by atoms with Crippen molar-refractivity contribution in [2.45, 2.75) is 38.1 Å². The van der Waals surface area contributed by atoms with Gasteiger partial charge in [-0.25, -0.2) is 9.67 Å². The van der Waals surface area contributed by atoms with Crippen molar-refractivity contribution in [2.24, 2.45) is 11.7 Å². The van der Waals surface area contributed by atoms with Crippen LogP contribution in [0.5, 0.6) is 0 Å². The molecule has 1 atom stereocenters. The Kier molecular flexibility index (Phi) is 5.02. The molecular formula is C17H23N5O. The molecule has 0 aliphatic heterocycles. The molecule has 1 heterocycles. The Bertz CT molecular complexity index is 634. The molecule has 0 unspecified atom stereocenters. The molecule has 1 amide bonds. The summed E-state index contributed by atoms with van der Waals surface area (Å²) in [6, 6.07) is 7.43. The topological polar surface area (TPSA) is 85.8 Å². The molecule has 1 aliphatic rings. The van der Waals surface area contributed by atoms with Crippen LogP contribution in [0.15, 0.2) is 36.9 Å². The maximum absolute atomic E-state index is 12.6. The summed E-state index contributed by atoms with van der Waals surface area (Å²) in [4.78, 5) is 16.5. The van der Waals surface area contributed by atoms with Crippen LogP contribution in [0.4, 0.5) is 0 Å². The minimum atomic E-state index is -0.0759. The van der Waals surface area contributed by atoms with Crippen molar-refractivity contribution in [3.05, 3.63) is 42.5 Å². The fraction of sp³-hybridized carbons (Fsp3) is 0.471. The third kappa shape index (κ3) is 3.76.